The molecular weight excluding hydrogens is 274 g/mol. The van der Waals surface area contributed by atoms with Gasteiger partial charge in [-0.05, 0) is 13.2 Å². The van der Waals surface area contributed by atoms with Gasteiger partial charge in [-0.15, -0.1) is 0 Å². The molecular formula is C13H23N5OS. The van der Waals surface area contributed by atoms with E-state index >= 15 is 0 Å². The first-order chi connectivity index (χ1) is 9.69. The molecule has 1 saturated heterocycles. The van der Waals surface area contributed by atoms with Crippen molar-refractivity contribution in [1.29, 1.82) is 0 Å². The number of thioether (sulfide) groups is 1. The number of piperazine rings is 1. The van der Waals surface area contributed by atoms with Gasteiger partial charge < -0.3 is 15.2 Å². The quantitative estimate of drug-likeness (QED) is 0.848. The molecule has 2 N–H and O–H groups in total. The third kappa shape index (κ3) is 4.42. The Bertz CT molecular complexity index is 428. The van der Waals surface area contributed by atoms with Gasteiger partial charge in [-0.2, -0.15) is 11.8 Å². The lowest BCUT2D eigenvalue weighted by Gasteiger charge is -2.34. The molecule has 0 saturated carbocycles. The first-order valence-corrected chi connectivity index (χ1v) is 8.33. The van der Waals surface area contributed by atoms with E-state index in [1.54, 1.807) is 6.20 Å². The van der Waals surface area contributed by atoms with Gasteiger partial charge in [0.2, 0.25) is 0 Å². The van der Waals surface area contributed by atoms with Crippen molar-refractivity contribution in [2.45, 2.75) is 13.5 Å². The Labute approximate surface area is 124 Å². The Morgan fingerprint density at radius 3 is 2.80 bits per heavy atom. The van der Waals surface area contributed by atoms with Crippen molar-refractivity contribution in [1.82, 2.24) is 25.1 Å². The number of nitrogens with one attached hydrogen (secondary N) is 2. The largest absolute Gasteiger partial charge is 0.345 e. The van der Waals surface area contributed by atoms with E-state index in [1.165, 1.54) is 0 Å². The summed E-state index contributed by atoms with van der Waals surface area (Å²) in [6, 6.07) is 0.00331. The van der Waals surface area contributed by atoms with Crippen LogP contribution in [0.1, 0.15) is 11.5 Å². The Morgan fingerprint density at radius 2 is 2.20 bits per heavy atom. The molecule has 0 aliphatic carbocycles. The maximum absolute atomic E-state index is 12.0. The fourth-order valence-corrected chi connectivity index (χ4v) is 2.66. The van der Waals surface area contributed by atoms with Gasteiger partial charge in [-0.1, -0.05) is 0 Å². The van der Waals surface area contributed by atoms with Gasteiger partial charge in [0.05, 0.1) is 6.54 Å². The molecule has 0 spiro atoms. The van der Waals surface area contributed by atoms with Gasteiger partial charge in [-0.3, -0.25) is 4.90 Å². The molecule has 0 aromatic carbocycles. The zero-order valence-electron chi connectivity index (χ0n) is 12.2. The van der Waals surface area contributed by atoms with Crippen molar-refractivity contribution in [2.75, 3.05) is 44.7 Å². The van der Waals surface area contributed by atoms with Crippen molar-refractivity contribution < 1.29 is 4.79 Å². The molecule has 112 valence electrons. The van der Waals surface area contributed by atoms with Crippen LogP contribution in [0.25, 0.3) is 0 Å². The van der Waals surface area contributed by atoms with Crippen LogP contribution in [-0.2, 0) is 6.54 Å². The Morgan fingerprint density at radius 1 is 1.45 bits per heavy atom. The lowest BCUT2D eigenvalue weighted by Crippen LogP contribution is -2.52. The summed E-state index contributed by atoms with van der Waals surface area (Å²) in [4.78, 5) is 23.6. The predicted molar refractivity (Wildman–Crippen MR) is 82.0 cm³/mol. The number of hydrogen-bond acceptors (Lipinski definition) is 4. The number of imidazole rings is 1. The van der Waals surface area contributed by atoms with E-state index in [0.29, 0.717) is 6.54 Å². The highest BCUT2D eigenvalue weighted by Crippen LogP contribution is 2.04. The van der Waals surface area contributed by atoms with E-state index in [0.717, 1.165) is 50.0 Å². The van der Waals surface area contributed by atoms with Crippen LogP contribution in [0.2, 0.25) is 0 Å². The van der Waals surface area contributed by atoms with Crippen molar-refractivity contribution in [3.63, 3.8) is 0 Å². The highest BCUT2D eigenvalue weighted by molar-refractivity contribution is 7.98. The van der Waals surface area contributed by atoms with Crippen LogP contribution in [0.3, 0.4) is 0 Å². The molecule has 2 heterocycles. The van der Waals surface area contributed by atoms with Crippen LogP contribution in [0.5, 0.6) is 0 Å². The Kier molecular flexibility index (Phi) is 5.72. The molecule has 0 radical (unpaired) electrons. The van der Waals surface area contributed by atoms with Crippen molar-refractivity contribution in [3.8, 4) is 0 Å². The van der Waals surface area contributed by atoms with Gasteiger partial charge in [0.1, 0.15) is 5.82 Å². The molecule has 1 aromatic rings. The molecule has 7 heteroatoms. The van der Waals surface area contributed by atoms with E-state index in [2.05, 4.69) is 26.4 Å². The van der Waals surface area contributed by atoms with Crippen molar-refractivity contribution >= 4 is 17.8 Å². The average molecular weight is 297 g/mol. The van der Waals surface area contributed by atoms with Crippen LogP contribution in [0.15, 0.2) is 6.20 Å². The molecule has 1 aromatic heterocycles. The average Bonchev–Trinajstić information content (AvgIpc) is 2.89. The van der Waals surface area contributed by atoms with Crippen LogP contribution < -0.4 is 5.32 Å². The van der Waals surface area contributed by atoms with Gasteiger partial charge in [0.15, 0.2) is 0 Å². The minimum absolute atomic E-state index is 0.00331. The van der Waals surface area contributed by atoms with Crippen molar-refractivity contribution in [2.24, 2.45) is 0 Å². The number of rotatable bonds is 5. The Balaban J connectivity index is 1.69. The van der Waals surface area contributed by atoms with Gasteiger partial charge in [0.25, 0.3) is 0 Å². The maximum atomic E-state index is 12.0. The predicted octanol–water partition coefficient (Wildman–Crippen LogP) is 0.908. The fourth-order valence-electron chi connectivity index (χ4n) is 2.22. The number of carbonyl (C=O) groups is 1. The zero-order chi connectivity index (χ0) is 14.4. The van der Waals surface area contributed by atoms with E-state index in [9.17, 15) is 4.79 Å². The molecule has 0 bridgehead atoms. The number of H-pyrrole nitrogens is 1. The molecule has 6 nitrogen and oxygen atoms in total. The summed E-state index contributed by atoms with van der Waals surface area (Å²) in [7, 11) is 0. The molecule has 2 rings (SSSR count). The molecule has 20 heavy (non-hydrogen) atoms. The fraction of sp³-hybridized carbons (Fsp3) is 0.692. The number of aromatic nitrogens is 2. The zero-order valence-corrected chi connectivity index (χ0v) is 13.0. The molecule has 0 atom stereocenters. The normalized spacial score (nSPS) is 16.4. The van der Waals surface area contributed by atoms with E-state index in [4.69, 9.17) is 0 Å². The second kappa shape index (κ2) is 7.54. The second-order valence-corrected chi connectivity index (χ2v) is 5.98. The number of aryl methyl sites for hydroxylation is 1. The third-order valence-corrected chi connectivity index (χ3v) is 4.02. The Hall–Kier alpha value is -1.21. The highest BCUT2D eigenvalue weighted by Gasteiger charge is 2.20. The van der Waals surface area contributed by atoms with E-state index < -0.39 is 0 Å². The number of carbonyl (C=O) groups excluding carboxylic acids is 1. The number of hydrogen-bond donors (Lipinski definition) is 2. The SMILES string of the molecule is CSCCN1CCN(C(=O)NCc2ncc(C)[nH]2)CC1. The summed E-state index contributed by atoms with van der Waals surface area (Å²) in [6.45, 7) is 7.06. The summed E-state index contributed by atoms with van der Waals surface area (Å²) in [5.74, 6) is 1.96. The van der Waals surface area contributed by atoms with Crippen LogP contribution in [0.4, 0.5) is 4.79 Å². The molecule has 2 amide bonds. The molecule has 1 aliphatic heterocycles. The van der Waals surface area contributed by atoms with Crippen molar-refractivity contribution in [3.05, 3.63) is 17.7 Å². The summed E-state index contributed by atoms with van der Waals surface area (Å²) in [5.41, 5.74) is 1.01. The number of aromatic amines is 1. The van der Waals surface area contributed by atoms with E-state index in [-0.39, 0.29) is 6.03 Å². The first kappa shape index (κ1) is 15.2. The lowest BCUT2D eigenvalue weighted by atomic mass is 10.3. The van der Waals surface area contributed by atoms with Crippen LogP contribution in [-0.4, -0.2) is 70.5 Å². The smallest absolute Gasteiger partial charge is 0.317 e. The van der Waals surface area contributed by atoms with Gasteiger partial charge in [-0.25, -0.2) is 9.78 Å². The summed E-state index contributed by atoms with van der Waals surface area (Å²) >= 11 is 1.87. The minimum atomic E-state index is 0.00331. The number of urea groups is 1. The monoisotopic (exact) mass is 297 g/mol. The topological polar surface area (TPSA) is 64.3 Å². The minimum Gasteiger partial charge on any atom is -0.345 e. The number of nitrogens with zero attached hydrogens (tertiary/aromatic N) is 3. The maximum Gasteiger partial charge on any atom is 0.317 e. The second-order valence-electron chi connectivity index (χ2n) is 4.99. The molecule has 1 fully saturated rings. The standard InChI is InChI=1S/C13H23N5OS/c1-11-9-14-12(16-11)10-15-13(19)18-5-3-17(4-6-18)7-8-20-2/h9H,3-8,10H2,1-2H3,(H,14,16)(H,15,19). The summed E-state index contributed by atoms with van der Waals surface area (Å²) in [6.07, 6.45) is 3.89. The lowest BCUT2D eigenvalue weighted by molar-refractivity contribution is 0.143. The van der Waals surface area contributed by atoms with Gasteiger partial charge in [0, 0.05) is 50.4 Å². The van der Waals surface area contributed by atoms with Crippen LogP contribution in [0, 0.1) is 6.92 Å². The van der Waals surface area contributed by atoms with Crippen LogP contribution >= 0.6 is 11.8 Å². The number of amides is 2. The third-order valence-electron chi connectivity index (χ3n) is 3.43. The first-order valence-electron chi connectivity index (χ1n) is 6.93. The summed E-state index contributed by atoms with van der Waals surface area (Å²) < 4.78 is 0. The van der Waals surface area contributed by atoms with Gasteiger partial charge >= 0.3 is 6.03 Å². The highest BCUT2D eigenvalue weighted by atomic mass is 32.2. The van der Waals surface area contributed by atoms with E-state index in [1.807, 2.05) is 23.6 Å². The summed E-state index contributed by atoms with van der Waals surface area (Å²) in [5, 5.41) is 2.91. The molecule has 0 unspecified atom stereocenters. The molecule has 1 aliphatic rings.